The maximum atomic E-state index is 13.1. The number of nitriles is 1. The maximum absolute atomic E-state index is 13.1. The molecule has 0 bridgehead atoms. The highest BCUT2D eigenvalue weighted by atomic mass is 19.1. The normalized spacial score (nSPS) is 16.1. The molecule has 4 nitrogen and oxygen atoms in total. The van der Waals surface area contributed by atoms with Crippen LogP contribution in [0.1, 0.15) is 5.69 Å². The monoisotopic (exact) mass is 206 g/mol. The SMILES string of the molecule is N#Cc1cc(N2CCNCC2)cc(F)n1. The van der Waals surface area contributed by atoms with Gasteiger partial charge in [-0.3, -0.25) is 0 Å². The van der Waals surface area contributed by atoms with Gasteiger partial charge in [0.25, 0.3) is 0 Å². The van der Waals surface area contributed by atoms with Crippen molar-refractivity contribution >= 4 is 5.69 Å². The van der Waals surface area contributed by atoms with Gasteiger partial charge in [-0.25, -0.2) is 4.98 Å². The third kappa shape index (κ3) is 2.22. The zero-order valence-electron chi connectivity index (χ0n) is 8.20. The fraction of sp³-hybridized carbons (Fsp3) is 0.400. The second-order valence-electron chi connectivity index (χ2n) is 3.38. The number of halogens is 1. The third-order valence-electron chi connectivity index (χ3n) is 2.38. The van der Waals surface area contributed by atoms with Gasteiger partial charge in [0.15, 0.2) is 0 Å². The summed E-state index contributed by atoms with van der Waals surface area (Å²) in [5.41, 5.74) is 0.865. The zero-order valence-corrected chi connectivity index (χ0v) is 8.20. The fourth-order valence-electron chi connectivity index (χ4n) is 1.65. The number of anilines is 1. The lowest BCUT2D eigenvalue weighted by Crippen LogP contribution is -2.43. The van der Waals surface area contributed by atoms with Gasteiger partial charge in [0, 0.05) is 37.9 Å². The largest absolute Gasteiger partial charge is 0.369 e. The molecule has 0 unspecified atom stereocenters. The van der Waals surface area contributed by atoms with E-state index in [-0.39, 0.29) is 5.69 Å². The Kier molecular flexibility index (Phi) is 2.79. The Hall–Kier alpha value is -1.67. The van der Waals surface area contributed by atoms with E-state index in [2.05, 4.69) is 10.3 Å². The molecular weight excluding hydrogens is 195 g/mol. The van der Waals surface area contributed by atoms with Crippen molar-refractivity contribution in [1.82, 2.24) is 10.3 Å². The molecule has 0 aromatic carbocycles. The van der Waals surface area contributed by atoms with E-state index in [4.69, 9.17) is 5.26 Å². The lowest BCUT2D eigenvalue weighted by Gasteiger charge is -2.29. The van der Waals surface area contributed by atoms with Crippen LogP contribution in [0.3, 0.4) is 0 Å². The molecule has 1 aromatic rings. The highest BCUT2D eigenvalue weighted by molar-refractivity contribution is 5.49. The van der Waals surface area contributed by atoms with Crippen molar-refractivity contribution in [3.05, 3.63) is 23.8 Å². The number of pyridine rings is 1. The van der Waals surface area contributed by atoms with Crippen molar-refractivity contribution in [2.75, 3.05) is 31.1 Å². The van der Waals surface area contributed by atoms with E-state index < -0.39 is 5.95 Å². The molecular formula is C10H11FN4. The van der Waals surface area contributed by atoms with Crippen LogP contribution in [0.2, 0.25) is 0 Å². The van der Waals surface area contributed by atoms with Gasteiger partial charge >= 0.3 is 0 Å². The van der Waals surface area contributed by atoms with E-state index in [0.717, 1.165) is 31.9 Å². The molecule has 15 heavy (non-hydrogen) atoms. The minimum Gasteiger partial charge on any atom is -0.369 e. The van der Waals surface area contributed by atoms with Crippen LogP contribution in [-0.2, 0) is 0 Å². The van der Waals surface area contributed by atoms with Gasteiger partial charge in [0.05, 0.1) is 0 Å². The molecule has 0 atom stereocenters. The fourth-order valence-corrected chi connectivity index (χ4v) is 1.65. The summed E-state index contributed by atoms with van der Waals surface area (Å²) in [5.74, 6) is -0.595. The molecule has 1 fully saturated rings. The van der Waals surface area contributed by atoms with Crippen LogP contribution in [-0.4, -0.2) is 31.2 Å². The summed E-state index contributed by atoms with van der Waals surface area (Å²) in [4.78, 5) is 5.52. The Labute approximate surface area is 87.3 Å². The standard InChI is InChI=1S/C10H11FN4/c11-10-6-9(5-8(7-12)14-10)15-3-1-13-2-4-15/h5-6,13H,1-4H2. The van der Waals surface area contributed by atoms with Crippen LogP contribution in [0.25, 0.3) is 0 Å². The van der Waals surface area contributed by atoms with Crippen LogP contribution in [0.15, 0.2) is 12.1 Å². The first-order chi connectivity index (χ1) is 7.29. The van der Waals surface area contributed by atoms with Crippen molar-refractivity contribution in [1.29, 1.82) is 5.26 Å². The summed E-state index contributed by atoms with van der Waals surface area (Å²) in [6.07, 6.45) is 0. The first-order valence-corrected chi connectivity index (χ1v) is 4.83. The number of piperazine rings is 1. The van der Waals surface area contributed by atoms with Crippen LogP contribution in [0, 0.1) is 17.3 Å². The molecule has 1 aliphatic rings. The lowest BCUT2D eigenvalue weighted by atomic mass is 10.2. The first-order valence-electron chi connectivity index (χ1n) is 4.83. The van der Waals surface area contributed by atoms with Gasteiger partial charge in [0.1, 0.15) is 11.8 Å². The predicted octanol–water partition coefficient (Wildman–Crippen LogP) is 0.502. The quantitative estimate of drug-likeness (QED) is 0.680. The Bertz CT molecular complexity index is 393. The minimum atomic E-state index is -0.595. The number of hydrogen-bond donors (Lipinski definition) is 1. The van der Waals surface area contributed by atoms with Gasteiger partial charge in [-0.15, -0.1) is 0 Å². The van der Waals surface area contributed by atoms with Crippen molar-refractivity contribution in [2.24, 2.45) is 0 Å². The van der Waals surface area contributed by atoms with Gasteiger partial charge in [-0.2, -0.15) is 9.65 Å². The Morgan fingerprint density at radius 3 is 2.80 bits per heavy atom. The summed E-state index contributed by atoms with van der Waals surface area (Å²) in [6, 6.07) is 4.84. The molecule has 0 spiro atoms. The summed E-state index contributed by atoms with van der Waals surface area (Å²) in [5, 5.41) is 11.9. The van der Waals surface area contributed by atoms with E-state index >= 15 is 0 Å². The van der Waals surface area contributed by atoms with E-state index in [0.29, 0.717) is 0 Å². The average molecular weight is 206 g/mol. The van der Waals surface area contributed by atoms with Gasteiger partial charge in [-0.05, 0) is 6.07 Å². The summed E-state index contributed by atoms with van der Waals surface area (Å²) in [7, 11) is 0. The minimum absolute atomic E-state index is 0.128. The predicted molar refractivity (Wildman–Crippen MR) is 54.0 cm³/mol. The van der Waals surface area contributed by atoms with Gasteiger partial charge in [-0.1, -0.05) is 0 Å². The second-order valence-corrected chi connectivity index (χ2v) is 3.38. The highest BCUT2D eigenvalue weighted by Crippen LogP contribution is 2.16. The van der Waals surface area contributed by atoms with Crippen molar-refractivity contribution in [3.8, 4) is 6.07 Å². The zero-order chi connectivity index (χ0) is 10.7. The number of nitrogens with one attached hydrogen (secondary N) is 1. The molecule has 2 rings (SSSR count). The van der Waals surface area contributed by atoms with Gasteiger partial charge < -0.3 is 10.2 Å². The van der Waals surface area contributed by atoms with E-state index in [9.17, 15) is 4.39 Å². The van der Waals surface area contributed by atoms with Crippen LogP contribution in [0.5, 0.6) is 0 Å². The molecule has 0 radical (unpaired) electrons. The van der Waals surface area contributed by atoms with Gasteiger partial charge in [0.2, 0.25) is 5.95 Å². The molecule has 0 saturated carbocycles. The molecule has 2 heterocycles. The smallest absolute Gasteiger partial charge is 0.216 e. The second kappa shape index (κ2) is 4.24. The Balaban J connectivity index is 2.27. The average Bonchev–Trinajstić information content (AvgIpc) is 2.29. The molecule has 78 valence electrons. The van der Waals surface area contributed by atoms with Crippen LogP contribution < -0.4 is 10.2 Å². The molecule has 0 aliphatic carbocycles. The molecule has 0 amide bonds. The Morgan fingerprint density at radius 1 is 1.40 bits per heavy atom. The first kappa shape index (κ1) is 9.87. The number of rotatable bonds is 1. The highest BCUT2D eigenvalue weighted by Gasteiger charge is 2.12. The number of hydrogen-bond acceptors (Lipinski definition) is 4. The van der Waals surface area contributed by atoms with Crippen LogP contribution >= 0.6 is 0 Å². The van der Waals surface area contributed by atoms with Crippen molar-refractivity contribution < 1.29 is 4.39 Å². The van der Waals surface area contributed by atoms with E-state index in [1.54, 1.807) is 6.07 Å². The molecule has 1 aliphatic heterocycles. The maximum Gasteiger partial charge on any atom is 0.216 e. The van der Waals surface area contributed by atoms with Crippen molar-refractivity contribution in [2.45, 2.75) is 0 Å². The molecule has 1 saturated heterocycles. The molecule has 1 N–H and O–H groups in total. The third-order valence-corrected chi connectivity index (χ3v) is 2.38. The Morgan fingerprint density at radius 2 is 2.13 bits per heavy atom. The van der Waals surface area contributed by atoms with Crippen LogP contribution in [0.4, 0.5) is 10.1 Å². The number of aromatic nitrogens is 1. The van der Waals surface area contributed by atoms with E-state index in [1.807, 2.05) is 11.0 Å². The molecule has 1 aromatic heterocycles. The number of nitrogens with zero attached hydrogens (tertiary/aromatic N) is 3. The van der Waals surface area contributed by atoms with E-state index in [1.165, 1.54) is 6.07 Å². The topological polar surface area (TPSA) is 52.0 Å². The summed E-state index contributed by atoms with van der Waals surface area (Å²) in [6.45, 7) is 3.42. The summed E-state index contributed by atoms with van der Waals surface area (Å²) < 4.78 is 13.1. The molecule has 5 heteroatoms. The van der Waals surface area contributed by atoms with Crippen molar-refractivity contribution in [3.63, 3.8) is 0 Å². The lowest BCUT2D eigenvalue weighted by molar-refractivity contribution is 0.569. The summed E-state index contributed by atoms with van der Waals surface area (Å²) >= 11 is 0.